The topological polar surface area (TPSA) is 32.5 Å². The predicted octanol–water partition coefficient (Wildman–Crippen LogP) is 1.64. The Balaban J connectivity index is 1.56. The van der Waals surface area contributed by atoms with Gasteiger partial charge in [-0.3, -0.25) is 9.80 Å². The summed E-state index contributed by atoms with van der Waals surface area (Å²) in [6.45, 7) is 7.86. The summed E-state index contributed by atoms with van der Waals surface area (Å²) in [4.78, 5) is 5.17. The summed E-state index contributed by atoms with van der Waals surface area (Å²) in [5.74, 6) is 0. The maximum absolute atomic E-state index is 6.52. The predicted molar refractivity (Wildman–Crippen MR) is 79.0 cm³/mol. The highest BCUT2D eigenvalue weighted by molar-refractivity contribution is 5.23. The fourth-order valence-electron chi connectivity index (χ4n) is 3.10. The van der Waals surface area contributed by atoms with Crippen molar-refractivity contribution in [2.24, 2.45) is 5.73 Å². The molecule has 0 amide bonds. The molecule has 1 saturated heterocycles. The first-order valence-electron chi connectivity index (χ1n) is 7.46. The largest absolute Gasteiger partial charge is 0.321 e. The molecule has 3 rings (SSSR count). The highest BCUT2D eigenvalue weighted by Crippen LogP contribution is 2.28. The number of benzene rings is 1. The van der Waals surface area contributed by atoms with E-state index in [9.17, 15) is 0 Å². The first-order valence-corrected chi connectivity index (χ1v) is 7.46. The molecular formula is C16H25N3. The molecule has 1 aromatic rings. The third-order valence-electron chi connectivity index (χ3n) is 4.46. The molecule has 0 aromatic heterocycles. The fraction of sp³-hybridized carbons (Fsp3) is 0.625. The summed E-state index contributed by atoms with van der Waals surface area (Å²) >= 11 is 0. The number of piperazine rings is 1. The van der Waals surface area contributed by atoms with Gasteiger partial charge in [0.15, 0.2) is 0 Å². The van der Waals surface area contributed by atoms with E-state index >= 15 is 0 Å². The molecule has 1 aliphatic heterocycles. The standard InChI is InChI=1S/C16H25N3/c1-16(17,14-5-3-2-4-6-14)13-18-9-11-19(12-10-18)15-7-8-15/h2-6,15H,7-13,17H2,1H3. The van der Waals surface area contributed by atoms with Gasteiger partial charge >= 0.3 is 0 Å². The third-order valence-corrected chi connectivity index (χ3v) is 4.46. The van der Waals surface area contributed by atoms with Crippen molar-refractivity contribution in [3.05, 3.63) is 35.9 Å². The van der Waals surface area contributed by atoms with E-state index < -0.39 is 0 Å². The molecule has 3 nitrogen and oxygen atoms in total. The average Bonchev–Trinajstić information content (AvgIpc) is 3.25. The van der Waals surface area contributed by atoms with Gasteiger partial charge in [-0.25, -0.2) is 0 Å². The van der Waals surface area contributed by atoms with Crippen LogP contribution in [-0.2, 0) is 5.54 Å². The lowest BCUT2D eigenvalue weighted by molar-refractivity contribution is 0.108. The summed E-state index contributed by atoms with van der Waals surface area (Å²) in [7, 11) is 0. The van der Waals surface area contributed by atoms with Gasteiger partial charge in [-0.2, -0.15) is 0 Å². The van der Waals surface area contributed by atoms with E-state index in [0.717, 1.165) is 25.7 Å². The minimum absolute atomic E-state index is 0.247. The van der Waals surface area contributed by atoms with Crippen LogP contribution in [0.25, 0.3) is 0 Å². The Morgan fingerprint density at radius 3 is 2.32 bits per heavy atom. The van der Waals surface area contributed by atoms with Gasteiger partial charge < -0.3 is 5.73 Å². The van der Waals surface area contributed by atoms with Gasteiger partial charge in [0.2, 0.25) is 0 Å². The second-order valence-corrected chi connectivity index (χ2v) is 6.33. The van der Waals surface area contributed by atoms with Gasteiger partial charge in [-0.05, 0) is 25.3 Å². The van der Waals surface area contributed by atoms with Crippen molar-refractivity contribution in [3.63, 3.8) is 0 Å². The van der Waals surface area contributed by atoms with Gasteiger partial charge in [0, 0.05) is 38.8 Å². The van der Waals surface area contributed by atoms with Crippen LogP contribution in [0.2, 0.25) is 0 Å². The Kier molecular flexibility index (Phi) is 3.61. The van der Waals surface area contributed by atoms with Crippen LogP contribution >= 0.6 is 0 Å². The molecule has 1 aromatic carbocycles. The molecule has 1 atom stereocenters. The summed E-state index contributed by atoms with van der Waals surface area (Å²) < 4.78 is 0. The monoisotopic (exact) mass is 259 g/mol. The highest BCUT2D eigenvalue weighted by atomic mass is 15.3. The lowest BCUT2D eigenvalue weighted by Crippen LogP contribution is -2.53. The average molecular weight is 259 g/mol. The van der Waals surface area contributed by atoms with Crippen molar-refractivity contribution < 1.29 is 0 Å². The zero-order chi connectivity index (χ0) is 13.3. The lowest BCUT2D eigenvalue weighted by Gasteiger charge is -2.39. The molecule has 2 N–H and O–H groups in total. The zero-order valence-corrected chi connectivity index (χ0v) is 11.9. The van der Waals surface area contributed by atoms with Crippen LogP contribution in [0.4, 0.5) is 0 Å². The smallest absolute Gasteiger partial charge is 0.0509 e. The van der Waals surface area contributed by atoms with Crippen molar-refractivity contribution in [2.75, 3.05) is 32.7 Å². The van der Waals surface area contributed by atoms with E-state index in [0.29, 0.717) is 0 Å². The van der Waals surface area contributed by atoms with Crippen LogP contribution in [0.5, 0.6) is 0 Å². The SMILES string of the molecule is CC(N)(CN1CCN(C2CC2)CC1)c1ccccc1. The van der Waals surface area contributed by atoms with Crippen LogP contribution < -0.4 is 5.73 Å². The Labute approximate surface area is 116 Å². The minimum atomic E-state index is -0.247. The summed E-state index contributed by atoms with van der Waals surface area (Å²) in [6.07, 6.45) is 2.83. The van der Waals surface area contributed by atoms with Gasteiger partial charge in [0.1, 0.15) is 0 Å². The quantitative estimate of drug-likeness (QED) is 0.892. The Bertz CT molecular complexity index is 403. The molecule has 104 valence electrons. The van der Waals surface area contributed by atoms with E-state index in [1.807, 2.05) is 6.07 Å². The van der Waals surface area contributed by atoms with E-state index in [-0.39, 0.29) is 5.54 Å². The molecule has 0 bridgehead atoms. The second-order valence-electron chi connectivity index (χ2n) is 6.33. The molecule has 3 heteroatoms. The molecule has 1 heterocycles. The first-order chi connectivity index (χ1) is 9.15. The Morgan fingerprint density at radius 2 is 1.74 bits per heavy atom. The molecule has 1 unspecified atom stereocenters. The highest BCUT2D eigenvalue weighted by Gasteiger charge is 2.32. The van der Waals surface area contributed by atoms with Gasteiger partial charge in [-0.1, -0.05) is 30.3 Å². The number of nitrogens with zero attached hydrogens (tertiary/aromatic N) is 2. The van der Waals surface area contributed by atoms with E-state index in [4.69, 9.17) is 5.73 Å². The fourth-order valence-corrected chi connectivity index (χ4v) is 3.10. The molecule has 2 aliphatic rings. The van der Waals surface area contributed by atoms with Crippen molar-refractivity contribution >= 4 is 0 Å². The Morgan fingerprint density at radius 1 is 1.11 bits per heavy atom. The number of hydrogen-bond acceptors (Lipinski definition) is 3. The van der Waals surface area contributed by atoms with Gasteiger partial charge in [-0.15, -0.1) is 0 Å². The zero-order valence-electron chi connectivity index (χ0n) is 11.9. The number of hydrogen-bond donors (Lipinski definition) is 1. The van der Waals surface area contributed by atoms with E-state index in [1.165, 1.54) is 31.5 Å². The minimum Gasteiger partial charge on any atom is -0.321 e. The Hall–Kier alpha value is -0.900. The van der Waals surface area contributed by atoms with E-state index in [1.54, 1.807) is 0 Å². The first kappa shape index (κ1) is 13.1. The van der Waals surface area contributed by atoms with Crippen LogP contribution in [0.3, 0.4) is 0 Å². The molecule has 2 fully saturated rings. The second kappa shape index (κ2) is 5.23. The molecule has 1 aliphatic carbocycles. The van der Waals surface area contributed by atoms with Gasteiger partial charge in [0.25, 0.3) is 0 Å². The van der Waals surface area contributed by atoms with E-state index in [2.05, 4.69) is 41.0 Å². The lowest BCUT2D eigenvalue weighted by atomic mass is 9.92. The number of rotatable bonds is 4. The molecule has 0 spiro atoms. The van der Waals surface area contributed by atoms with Gasteiger partial charge in [0.05, 0.1) is 5.54 Å². The van der Waals surface area contributed by atoms with Crippen molar-refractivity contribution in [3.8, 4) is 0 Å². The summed E-state index contributed by atoms with van der Waals surface area (Å²) in [5.41, 5.74) is 7.51. The maximum atomic E-state index is 6.52. The summed E-state index contributed by atoms with van der Waals surface area (Å²) in [5, 5.41) is 0. The summed E-state index contributed by atoms with van der Waals surface area (Å²) in [6, 6.07) is 11.4. The van der Waals surface area contributed by atoms with Crippen LogP contribution in [-0.4, -0.2) is 48.6 Å². The third kappa shape index (κ3) is 3.16. The van der Waals surface area contributed by atoms with Crippen molar-refractivity contribution in [1.82, 2.24) is 9.80 Å². The van der Waals surface area contributed by atoms with Crippen LogP contribution in [0.1, 0.15) is 25.3 Å². The normalized spacial score (nSPS) is 25.2. The molecule has 0 radical (unpaired) electrons. The molecular weight excluding hydrogens is 234 g/mol. The van der Waals surface area contributed by atoms with Crippen molar-refractivity contribution in [2.45, 2.75) is 31.3 Å². The number of nitrogens with two attached hydrogens (primary N) is 1. The molecule has 1 saturated carbocycles. The van der Waals surface area contributed by atoms with Crippen LogP contribution in [0.15, 0.2) is 30.3 Å². The van der Waals surface area contributed by atoms with Crippen LogP contribution in [0, 0.1) is 0 Å². The van der Waals surface area contributed by atoms with Crippen molar-refractivity contribution in [1.29, 1.82) is 0 Å². The maximum Gasteiger partial charge on any atom is 0.0509 e. The molecule has 19 heavy (non-hydrogen) atoms.